The molecule has 1 aromatic rings. The van der Waals surface area contributed by atoms with Crippen LogP contribution in [-0.2, 0) is 10.0 Å². The number of hydrogen-bond donors (Lipinski definition) is 2. The maximum atomic E-state index is 12.4. The highest BCUT2D eigenvalue weighted by Gasteiger charge is 2.23. The zero-order chi connectivity index (χ0) is 15.3. The Labute approximate surface area is 127 Å². The molecule has 2 N–H and O–H groups in total. The van der Waals surface area contributed by atoms with Gasteiger partial charge in [0.05, 0.1) is 5.69 Å². The van der Waals surface area contributed by atoms with Gasteiger partial charge in [-0.1, -0.05) is 0 Å². The third-order valence-electron chi connectivity index (χ3n) is 3.79. The highest BCUT2D eigenvalue weighted by atomic mass is 32.2. The van der Waals surface area contributed by atoms with Gasteiger partial charge in [-0.25, -0.2) is 18.1 Å². The zero-order valence-corrected chi connectivity index (χ0v) is 13.5. The van der Waals surface area contributed by atoms with E-state index in [9.17, 15) is 8.42 Å². The molecular weight excluding hydrogens is 288 g/mol. The van der Waals surface area contributed by atoms with Gasteiger partial charge in [0.1, 0.15) is 0 Å². The SMILES string of the molecule is CCNc1cccnc1S(=O)(=O)NCC1CCN(C)CC1. The summed E-state index contributed by atoms with van der Waals surface area (Å²) in [6.07, 6.45) is 3.56. The van der Waals surface area contributed by atoms with E-state index in [1.807, 2.05) is 6.92 Å². The number of sulfonamides is 1. The van der Waals surface area contributed by atoms with Crippen molar-refractivity contribution in [1.29, 1.82) is 0 Å². The molecule has 2 heterocycles. The summed E-state index contributed by atoms with van der Waals surface area (Å²) >= 11 is 0. The van der Waals surface area contributed by atoms with E-state index < -0.39 is 10.0 Å². The number of nitrogens with zero attached hydrogens (tertiary/aromatic N) is 2. The molecule has 0 aliphatic carbocycles. The van der Waals surface area contributed by atoms with Gasteiger partial charge in [-0.2, -0.15) is 0 Å². The normalized spacial score (nSPS) is 17.8. The molecule has 7 heteroatoms. The smallest absolute Gasteiger partial charge is 0.260 e. The van der Waals surface area contributed by atoms with E-state index in [0.29, 0.717) is 24.7 Å². The van der Waals surface area contributed by atoms with E-state index in [4.69, 9.17) is 0 Å². The predicted molar refractivity (Wildman–Crippen MR) is 83.8 cm³/mol. The fourth-order valence-corrected chi connectivity index (χ4v) is 3.71. The molecule has 0 unspecified atom stereocenters. The Morgan fingerprint density at radius 1 is 1.38 bits per heavy atom. The lowest BCUT2D eigenvalue weighted by Gasteiger charge is -2.28. The van der Waals surface area contributed by atoms with Crippen LogP contribution in [0.1, 0.15) is 19.8 Å². The van der Waals surface area contributed by atoms with Gasteiger partial charge >= 0.3 is 0 Å². The van der Waals surface area contributed by atoms with Crippen molar-refractivity contribution >= 4 is 15.7 Å². The molecule has 2 rings (SSSR count). The van der Waals surface area contributed by atoms with Gasteiger partial charge in [-0.15, -0.1) is 0 Å². The number of likely N-dealkylation sites (tertiary alicyclic amines) is 1. The first kappa shape index (κ1) is 16.2. The minimum atomic E-state index is -3.56. The summed E-state index contributed by atoms with van der Waals surface area (Å²) < 4.78 is 27.5. The average Bonchev–Trinajstić information content (AvgIpc) is 2.47. The van der Waals surface area contributed by atoms with Crippen LogP contribution in [0.4, 0.5) is 5.69 Å². The molecule has 1 aliphatic heterocycles. The van der Waals surface area contributed by atoms with E-state index in [1.165, 1.54) is 6.20 Å². The molecule has 0 saturated carbocycles. The van der Waals surface area contributed by atoms with Crippen LogP contribution in [-0.4, -0.2) is 51.5 Å². The highest BCUT2D eigenvalue weighted by Crippen LogP contribution is 2.19. The molecule has 0 bridgehead atoms. The molecule has 0 spiro atoms. The van der Waals surface area contributed by atoms with E-state index in [2.05, 4.69) is 27.0 Å². The Morgan fingerprint density at radius 2 is 2.10 bits per heavy atom. The lowest BCUT2D eigenvalue weighted by molar-refractivity contribution is 0.220. The lowest BCUT2D eigenvalue weighted by Crippen LogP contribution is -2.37. The summed E-state index contributed by atoms with van der Waals surface area (Å²) in [6.45, 7) is 5.12. The van der Waals surface area contributed by atoms with Crippen LogP contribution in [0.15, 0.2) is 23.4 Å². The fraction of sp³-hybridized carbons (Fsp3) is 0.643. The molecule has 21 heavy (non-hydrogen) atoms. The molecule has 0 atom stereocenters. The van der Waals surface area contributed by atoms with E-state index in [1.54, 1.807) is 12.1 Å². The molecule has 1 fully saturated rings. The van der Waals surface area contributed by atoms with Crippen molar-refractivity contribution in [2.45, 2.75) is 24.8 Å². The Bertz CT molecular complexity index is 554. The maximum absolute atomic E-state index is 12.4. The second-order valence-corrected chi connectivity index (χ2v) is 7.17. The maximum Gasteiger partial charge on any atom is 0.260 e. The average molecular weight is 312 g/mol. The van der Waals surface area contributed by atoms with E-state index in [-0.39, 0.29) is 5.03 Å². The molecule has 1 aliphatic rings. The lowest BCUT2D eigenvalue weighted by atomic mass is 9.98. The first-order valence-electron chi connectivity index (χ1n) is 7.40. The summed E-state index contributed by atoms with van der Waals surface area (Å²) in [5.74, 6) is 0.405. The van der Waals surface area contributed by atoms with Crippen LogP contribution in [0.3, 0.4) is 0 Å². The van der Waals surface area contributed by atoms with Crippen LogP contribution in [0.5, 0.6) is 0 Å². The molecule has 6 nitrogen and oxygen atoms in total. The monoisotopic (exact) mass is 312 g/mol. The molecule has 118 valence electrons. The molecular formula is C14H24N4O2S. The van der Waals surface area contributed by atoms with Gasteiger partial charge in [-0.3, -0.25) is 0 Å². The largest absolute Gasteiger partial charge is 0.383 e. The number of pyridine rings is 1. The summed E-state index contributed by atoms with van der Waals surface area (Å²) in [7, 11) is -1.47. The Balaban J connectivity index is 2.01. The van der Waals surface area contributed by atoms with E-state index >= 15 is 0 Å². The second-order valence-electron chi connectivity index (χ2n) is 5.48. The fourth-order valence-electron chi connectivity index (χ4n) is 2.49. The van der Waals surface area contributed by atoms with E-state index in [0.717, 1.165) is 25.9 Å². The molecule has 0 radical (unpaired) electrons. The summed E-state index contributed by atoms with van der Waals surface area (Å²) in [5, 5.41) is 3.12. The number of aromatic nitrogens is 1. The van der Waals surface area contributed by atoms with Gasteiger partial charge < -0.3 is 10.2 Å². The topological polar surface area (TPSA) is 74.3 Å². The van der Waals surface area contributed by atoms with Crippen LogP contribution in [0, 0.1) is 5.92 Å². The van der Waals surface area contributed by atoms with Crippen LogP contribution < -0.4 is 10.0 Å². The Morgan fingerprint density at radius 3 is 2.76 bits per heavy atom. The first-order valence-corrected chi connectivity index (χ1v) is 8.88. The van der Waals surface area contributed by atoms with Gasteiger partial charge in [0.2, 0.25) is 0 Å². The summed E-state index contributed by atoms with van der Waals surface area (Å²) in [4.78, 5) is 6.29. The number of piperidine rings is 1. The second kappa shape index (κ2) is 7.20. The Hall–Kier alpha value is -1.18. The third-order valence-corrected chi connectivity index (χ3v) is 5.17. The molecule has 1 aromatic heterocycles. The molecule has 0 aromatic carbocycles. The minimum absolute atomic E-state index is 0.0831. The van der Waals surface area contributed by atoms with Gasteiger partial charge in [0.25, 0.3) is 10.0 Å². The van der Waals surface area contributed by atoms with Crippen molar-refractivity contribution in [2.24, 2.45) is 5.92 Å². The van der Waals surface area contributed by atoms with Crippen LogP contribution in [0.2, 0.25) is 0 Å². The van der Waals surface area contributed by atoms with Crippen molar-refractivity contribution in [3.05, 3.63) is 18.3 Å². The van der Waals surface area contributed by atoms with Crippen molar-refractivity contribution in [1.82, 2.24) is 14.6 Å². The molecule has 0 amide bonds. The van der Waals surface area contributed by atoms with Gasteiger partial charge in [-0.05, 0) is 58.0 Å². The van der Waals surface area contributed by atoms with Gasteiger partial charge in [0, 0.05) is 19.3 Å². The van der Waals surface area contributed by atoms with Crippen molar-refractivity contribution in [2.75, 3.05) is 38.5 Å². The number of anilines is 1. The van der Waals surface area contributed by atoms with Crippen molar-refractivity contribution in [3.63, 3.8) is 0 Å². The Kier molecular flexibility index (Phi) is 5.55. The van der Waals surface area contributed by atoms with Crippen molar-refractivity contribution in [3.8, 4) is 0 Å². The highest BCUT2D eigenvalue weighted by molar-refractivity contribution is 7.89. The minimum Gasteiger partial charge on any atom is -0.383 e. The van der Waals surface area contributed by atoms with Gasteiger partial charge in [0.15, 0.2) is 5.03 Å². The predicted octanol–water partition coefficient (Wildman–Crippen LogP) is 1.13. The van der Waals surface area contributed by atoms with Crippen LogP contribution in [0.25, 0.3) is 0 Å². The number of hydrogen-bond acceptors (Lipinski definition) is 5. The van der Waals surface area contributed by atoms with Crippen molar-refractivity contribution < 1.29 is 8.42 Å². The quantitative estimate of drug-likeness (QED) is 0.824. The summed E-state index contributed by atoms with van der Waals surface area (Å²) in [6, 6.07) is 3.47. The standard InChI is InChI=1S/C14H24N4O2S/c1-3-15-13-5-4-8-16-14(13)21(19,20)17-11-12-6-9-18(2)10-7-12/h4-5,8,12,15,17H,3,6-7,9-11H2,1-2H3. The first-order chi connectivity index (χ1) is 10.0. The molecule has 1 saturated heterocycles. The van der Waals surface area contributed by atoms with Crippen LogP contribution >= 0.6 is 0 Å². The zero-order valence-electron chi connectivity index (χ0n) is 12.7. The number of nitrogens with one attached hydrogen (secondary N) is 2. The third kappa shape index (κ3) is 4.39. The number of rotatable bonds is 6. The summed E-state index contributed by atoms with van der Waals surface area (Å²) in [5.41, 5.74) is 0.552.